The highest BCUT2D eigenvalue weighted by molar-refractivity contribution is 6.11. The zero-order chi connectivity index (χ0) is 10.3. The highest BCUT2D eigenvalue weighted by Gasteiger charge is 2.61. The molecule has 0 aromatic rings. The quantitative estimate of drug-likeness (QED) is 0.460. The van der Waals surface area contributed by atoms with Gasteiger partial charge in [0.2, 0.25) is 0 Å². The Morgan fingerprint density at radius 1 is 1.50 bits per heavy atom. The highest BCUT2D eigenvalue weighted by atomic mass is 16.6. The van der Waals surface area contributed by atoms with Gasteiger partial charge in [0.15, 0.2) is 5.78 Å². The van der Waals surface area contributed by atoms with E-state index in [9.17, 15) is 14.4 Å². The summed E-state index contributed by atoms with van der Waals surface area (Å²) in [4.78, 5) is 33.7. The van der Waals surface area contributed by atoms with Crippen molar-refractivity contribution >= 4 is 17.7 Å². The lowest BCUT2D eigenvalue weighted by atomic mass is 9.53. The number of carbonyl (C=O) groups is 3. The number of ketones is 1. The van der Waals surface area contributed by atoms with Gasteiger partial charge in [-0.05, 0) is 19.3 Å². The molecule has 3 aliphatic carbocycles. The van der Waals surface area contributed by atoms with E-state index in [4.69, 9.17) is 0 Å². The Balaban J connectivity index is 2.13. The minimum absolute atomic E-state index is 0.0185. The van der Waals surface area contributed by atoms with E-state index in [2.05, 4.69) is 4.74 Å². The van der Waals surface area contributed by atoms with Crippen molar-refractivity contribution < 1.29 is 19.1 Å². The lowest BCUT2D eigenvalue weighted by molar-refractivity contribution is -0.180. The first-order chi connectivity index (χ1) is 6.56. The van der Waals surface area contributed by atoms with Gasteiger partial charge in [0.25, 0.3) is 0 Å². The number of esters is 2. The number of ether oxygens (including phenoxy) is 1. The summed E-state index contributed by atoms with van der Waals surface area (Å²) in [5.74, 6) is -1.24. The number of rotatable bonds is 1. The fourth-order valence-corrected chi connectivity index (χ4v) is 2.50. The Morgan fingerprint density at radius 3 is 2.71 bits per heavy atom. The molecule has 2 unspecified atom stereocenters. The number of carbonyl (C=O) groups excluding carboxylic acids is 3. The summed E-state index contributed by atoms with van der Waals surface area (Å²) in [6.45, 7) is 1.18. The molecule has 2 atom stereocenters. The summed E-state index contributed by atoms with van der Waals surface area (Å²) in [5, 5.41) is 0. The molecule has 2 bridgehead atoms. The van der Waals surface area contributed by atoms with Crippen LogP contribution in [0.1, 0.15) is 32.6 Å². The predicted molar refractivity (Wildman–Crippen MR) is 46.2 cm³/mol. The summed E-state index contributed by atoms with van der Waals surface area (Å²) < 4.78 is 4.50. The Kier molecular flexibility index (Phi) is 1.94. The van der Waals surface area contributed by atoms with Crippen LogP contribution in [0.3, 0.4) is 0 Å². The monoisotopic (exact) mass is 196 g/mol. The van der Waals surface area contributed by atoms with Crippen molar-refractivity contribution in [3.8, 4) is 0 Å². The molecule has 4 heteroatoms. The van der Waals surface area contributed by atoms with E-state index in [1.165, 1.54) is 6.92 Å². The minimum atomic E-state index is -0.950. The molecule has 0 amide bonds. The summed E-state index contributed by atoms with van der Waals surface area (Å²) in [5.41, 5.74) is -0.950. The Labute approximate surface area is 81.6 Å². The van der Waals surface area contributed by atoms with Gasteiger partial charge in [-0.15, -0.1) is 0 Å². The van der Waals surface area contributed by atoms with Gasteiger partial charge in [-0.25, -0.2) is 0 Å². The van der Waals surface area contributed by atoms with Crippen molar-refractivity contribution in [2.75, 3.05) is 0 Å². The van der Waals surface area contributed by atoms with E-state index in [0.29, 0.717) is 12.8 Å². The fourth-order valence-electron chi connectivity index (χ4n) is 2.50. The predicted octanol–water partition coefficient (Wildman–Crippen LogP) is 0.835. The first kappa shape index (κ1) is 9.37. The second kappa shape index (κ2) is 2.90. The molecule has 3 saturated carbocycles. The normalized spacial score (nSPS) is 34.6. The van der Waals surface area contributed by atoms with Crippen LogP contribution in [-0.4, -0.2) is 17.7 Å². The van der Waals surface area contributed by atoms with Crippen LogP contribution >= 0.6 is 0 Å². The molecular formula is C10H12O4. The molecule has 0 aromatic heterocycles. The van der Waals surface area contributed by atoms with Crippen LogP contribution in [0, 0.1) is 11.3 Å². The van der Waals surface area contributed by atoms with E-state index in [-0.39, 0.29) is 11.7 Å². The maximum atomic E-state index is 11.6. The van der Waals surface area contributed by atoms with Crippen molar-refractivity contribution in [2.45, 2.75) is 32.6 Å². The van der Waals surface area contributed by atoms with Crippen LogP contribution in [0.5, 0.6) is 0 Å². The highest BCUT2D eigenvalue weighted by Crippen LogP contribution is 2.53. The third kappa shape index (κ3) is 1.10. The van der Waals surface area contributed by atoms with Crippen molar-refractivity contribution in [1.29, 1.82) is 0 Å². The van der Waals surface area contributed by atoms with Crippen molar-refractivity contribution in [2.24, 2.45) is 11.3 Å². The third-order valence-corrected chi connectivity index (χ3v) is 3.22. The van der Waals surface area contributed by atoms with E-state index < -0.39 is 17.4 Å². The molecule has 0 spiro atoms. The summed E-state index contributed by atoms with van der Waals surface area (Å²) in [6.07, 6.45) is 2.89. The smallest absolute Gasteiger partial charge is 0.327 e. The van der Waals surface area contributed by atoms with Crippen molar-refractivity contribution in [1.82, 2.24) is 0 Å². The second-order valence-corrected chi connectivity index (χ2v) is 4.12. The zero-order valence-corrected chi connectivity index (χ0v) is 8.04. The van der Waals surface area contributed by atoms with Crippen LogP contribution in [0.4, 0.5) is 0 Å². The molecule has 0 saturated heterocycles. The summed E-state index contributed by atoms with van der Waals surface area (Å²) in [6, 6.07) is 0. The van der Waals surface area contributed by atoms with Gasteiger partial charge in [-0.2, -0.15) is 0 Å². The van der Waals surface area contributed by atoms with Crippen LogP contribution in [-0.2, 0) is 19.1 Å². The van der Waals surface area contributed by atoms with Crippen LogP contribution < -0.4 is 0 Å². The Morgan fingerprint density at radius 2 is 2.21 bits per heavy atom. The second-order valence-electron chi connectivity index (χ2n) is 4.12. The molecule has 3 aliphatic rings. The molecule has 76 valence electrons. The third-order valence-electron chi connectivity index (χ3n) is 3.22. The van der Waals surface area contributed by atoms with Crippen molar-refractivity contribution in [3.63, 3.8) is 0 Å². The lowest BCUT2D eigenvalue weighted by Gasteiger charge is -2.47. The van der Waals surface area contributed by atoms with Crippen LogP contribution in [0.25, 0.3) is 0 Å². The van der Waals surface area contributed by atoms with Crippen LogP contribution in [0.2, 0.25) is 0 Å². The first-order valence-corrected chi connectivity index (χ1v) is 4.83. The molecule has 3 fully saturated rings. The molecule has 0 aromatic carbocycles. The van der Waals surface area contributed by atoms with Gasteiger partial charge < -0.3 is 4.74 Å². The minimum Gasteiger partial charge on any atom is -0.393 e. The molecule has 0 N–H and O–H groups in total. The Bertz CT molecular complexity index is 316. The largest absolute Gasteiger partial charge is 0.393 e. The number of hydrogen-bond acceptors (Lipinski definition) is 4. The molecule has 14 heavy (non-hydrogen) atoms. The summed E-state index contributed by atoms with van der Waals surface area (Å²) >= 11 is 0. The van der Waals surface area contributed by atoms with E-state index in [1.807, 2.05) is 0 Å². The average Bonchev–Trinajstić information content (AvgIpc) is 2.16. The van der Waals surface area contributed by atoms with Gasteiger partial charge in [0.1, 0.15) is 5.41 Å². The number of hydrogen-bond donors (Lipinski definition) is 0. The zero-order valence-electron chi connectivity index (χ0n) is 8.04. The fraction of sp³-hybridized carbons (Fsp3) is 0.700. The molecule has 0 aliphatic heterocycles. The standard InChI is InChI=1S/C10H12O4/c1-6(11)14-9(13)10-4-2-3-7(5-10)8(10)12/h7H,2-5H2,1H3. The van der Waals surface area contributed by atoms with E-state index in [1.54, 1.807) is 0 Å². The topological polar surface area (TPSA) is 60.4 Å². The molecular weight excluding hydrogens is 184 g/mol. The Hall–Kier alpha value is -1.19. The molecule has 0 heterocycles. The summed E-state index contributed by atoms with van der Waals surface area (Å²) in [7, 11) is 0. The van der Waals surface area contributed by atoms with Gasteiger partial charge >= 0.3 is 11.9 Å². The van der Waals surface area contributed by atoms with Crippen LogP contribution in [0.15, 0.2) is 0 Å². The number of Topliss-reactive ketones (excluding diaryl/α,β-unsaturated/α-hetero) is 1. The van der Waals surface area contributed by atoms with E-state index >= 15 is 0 Å². The van der Waals surface area contributed by atoms with Gasteiger partial charge in [-0.3, -0.25) is 14.4 Å². The number of fused-ring (bicyclic) bond motifs is 2. The van der Waals surface area contributed by atoms with Gasteiger partial charge in [0.05, 0.1) is 0 Å². The SMILES string of the molecule is CC(=O)OC(=O)C12CCCC(C1)C2=O. The molecule has 0 radical (unpaired) electrons. The van der Waals surface area contributed by atoms with Gasteiger partial charge in [0, 0.05) is 12.8 Å². The molecule has 3 rings (SSSR count). The lowest BCUT2D eigenvalue weighted by Crippen LogP contribution is -2.57. The van der Waals surface area contributed by atoms with Gasteiger partial charge in [-0.1, -0.05) is 6.42 Å². The maximum Gasteiger partial charge on any atom is 0.327 e. The van der Waals surface area contributed by atoms with E-state index in [0.717, 1.165) is 12.8 Å². The average molecular weight is 196 g/mol. The van der Waals surface area contributed by atoms with Crippen molar-refractivity contribution in [3.05, 3.63) is 0 Å². The molecule has 4 nitrogen and oxygen atoms in total. The first-order valence-electron chi connectivity index (χ1n) is 4.83. The maximum absolute atomic E-state index is 11.6.